The van der Waals surface area contributed by atoms with Crippen LogP contribution in [0.1, 0.15) is 32.1 Å². The average Bonchev–Trinajstić information content (AvgIpc) is 3.34. The third kappa shape index (κ3) is 5.08. The summed E-state index contributed by atoms with van der Waals surface area (Å²) in [6, 6.07) is 4.14. The summed E-state index contributed by atoms with van der Waals surface area (Å²) in [5, 5.41) is 0. The van der Waals surface area contributed by atoms with Crippen molar-refractivity contribution in [1.29, 1.82) is 0 Å². The average molecular weight is 429 g/mol. The standard InChI is InChI=1S/C22H32N6OS/c1-24-18-4-7-21(25-15-18)27-10-8-26(9-11-27)19-5-2-17(3-6-19)14-20(23)22(29)28-12-13-30-16-28/h4,7,15,17,19-20H,2-3,5-6,8-14,16,23H2/t17?,19?,20-/m0/s1. The lowest BCUT2D eigenvalue weighted by Gasteiger charge is -2.42. The van der Waals surface area contributed by atoms with Crippen molar-refractivity contribution in [3.63, 3.8) is 0 Å². The Morgan fingerprint density at radius 2 is 1.97 bits per heavy atom. The molecule has 162 valence electrons. The zero-order chi connectivity index (χ0) is 20.9. The van der Waals surface area contributed by atoms with Crippen LogP contribution in [0.25, 0.3) is 4.85 Å². The lowest BCUT2D eigenvalue weighted by molar-refractivity contribution is -0.131. The van der Waals surface area contributed by atoms with Gasteiger partial charge in [-0.15, -0.1) is 11.8 Å². The number of hydrogen-bond donors (Lipinski definition) is 1. The number of carbonyl (C=O) groups is 1. The first kappa shape index (κ1) is 21.4. The predicted molar refractivity (Wildman–Crippen MR) is 122 cm³/mol. The van der Waals surface area contributed by atoms with E-state index in [4.69, 9.17) is 12.3 Å². The van der Waals surface area contributed by atoms with E-state index in [2.05, 4.69) is 19.6 Å². The summed E-state index contributed by atoms with van der Waals surface area (Å²) in [5.74, 6) is 3.56. The summed E-state index contributed by atoms with van der Waals surface area (Å²) < 4.78 is 0. The number of thioether (sulfide) groups is 1. The van der Waals surface area contributed by atoms with Crippen molar-refractivity contribution in [2.45, 2.75) is 44.2 Å². The molecule has 1 amide bonds. The molecule has 0 radical (unpaired) electrons. The summed E-state index contributed by atoms with van der Waals surface area (Å²) in [7, 11) is 0. The lowest BCUT2D eigenvalue weighted by atomic mass is 9.81. The molecule has 1 atom stereocenters. The maximum absolute atomic E-state index is 12.5. The van der Waals surface area contributed by atoms with E-state index in [1.165, 1.54) is 25.7 Å². The van der Waals surface area contributed by atoms with Crippen molar-refractivity contribution in [3.8, 4) is 0 Å². The molecule has 1 aromatic heterocycles. The van der Waals surface area contributed by atoms with Crippen molar-refractivity contribution >= 4 is 29.2 Å². The van der Waals surface area contributed by atoms with Gasteiger partial charge in [-0.2, -0.15) is 0 Å². The van der Waals surface area contributed by atoms with E-state index >= 15 is 0 Å². The number of nitrogens with two attached hydrogens (primary N) is 1. The van der Waals surface area contributed by atoms with Crippen LogP contribution in [0.2, 0.25) is 0 Å². The molecular weight excluding hydrogens is 396 g/mol. The number of amides is 1. The SMILES string of the molecule is [C-]#[N+]c1ccc(N2CCN(C3CCC(C[C@H](N)C(=O)N4CCSC4)CC3)CC2)nc1. The molecule has 1 aliphatic carbocycles. The van der Waals surface area contributed by atoms with Gasteiger partial charge in [0.25, 0.3) is 0 Å². The summed E-state index contributed by atoms with van der Waals surface area (Å²) in [4.78, 5) is 27.2. The predicted octanol–water partition coefficient (Wildman–Crippen LogP) is 2.56. The van der Waals surface area contributed by atoms with Gasteiger partial charge in [-0.3, -0.25) is 14.7 Å². The Bertz CT molecular complexity index is 744. The highest BCUT2D eigenvalue weighted by atomic mass is 32.2. The van der Waals surface area contributed by atoms with E-state index < -0.39 is 0 Å². The number of aromatic nitrogens is 1. The molecule has 2 N–H and O–H groups in total. The van der Waals surface area contributed by atoms with Crippen molar-refractivity contribution in [1.82, 2.24) is 14.8 Å². The van der Waals surface area contributed by atoms with Crippen molar-refractivity contribution in [2.24, 2.45) is 11.7 Å². The summed E-state index contributed by atoms with van der Waals surface area (Å²) in [5.41, 5.74) is 6.85. The van der Waals surface area contributed by atoms with Gasteiger partial charge in [-0.05, 0) is 44.1 Å². The maximum atomic E-state index is 12.5. The van der Waals surface area contributed by atoms with Gasteiger partial charge in [0.2, 0.25) is 11.6 Å². The van der Waals surface area contributed by atoms with Gasteiger partial charge in [0.15, 0.2) is 0 Å². The van der Waals surface area contributed by atoms with Crippen molar-refractivity contribution < 1.29 is 4.79 Å². The Labute approximate surface area is 183 Å². The van der Waals surface area contributed by atoms with Crippen LogP contribution >= 0.6 is 11.8 Å². The van der Waals surface area contributed by atoms with Crippen LogP contribution in [0, 0.1) is 12.5 Å². The second kappa shape index (κ2) is 9.99. The fraction of sp³-hybridized carbons (Fsp3) is 0.682. The van der Waals surface area contributed by atoms with E-state index in [0.29, 0.717) is 17.6 Å². The van der Waals surface area contributed by atoms with Gasteiger partial charge in [-0.25, -0.2) is 4.85 Å². The molecule has 8 heteroatoms. The van der Waals surface area contributed by atoms with Crippen LogP contribution in [0.4, 0.5) is 11.5 Å². The van der Waals surface area contributed by atoms with Crippen LogP contribution in [0.5, 0.6) is 0 Å². The Kier molecular flexibility index (Phi) is 7.13. The van der Waals surface area contributed by atoms with Gasteiger partial charge in [0.1, 0.15) is 5.82 Å². The topological polar surface area (TPSA) is 70.1 Å². The van der Waals surface area contributed by atoms with E-state index in [9.17, 15) is 4.79 Å². The molecule has 0 bridgehead atoms. The number of carbonyl (C=O) groups excluding carboxylic acids is 1. The highest BCUT2D eigenvalue weighted by Crippen LogP contribution is 2.31. The summed E-state index contributed by atoms with van der Waals surface area (Å²) in [6.07, 6.45) is 7.29. The largest absolute Gasteiger partial charge is 0.354 e. The molecule has 1 saturated carbocycles. The molecule has 3 aliphatic rings. The summed E-state index contributed by atoms with van der Waals surface area (Å²) in [6.45, 7) is 12.0. The van der Waals surface area contributed by atoms with E-state index in [0.717, 1.165) is 56.6 Å². The fourth-order valence-corrected chi connectivity index (χ4v) is 5.93. The molecule has 3 heterocycles. The number of nitrogens with zero attached hydrogens (tertiary/aromatic N) is 5. The van der Waals surface area contributed by atoms with E-state index in [1.54, 1.807) is 6.20 Å². The molecule has 7 nitrogen and oxygen atoms in total. The molecule has 30 heavy (non-hydrogen) atoms. The van der Waals surface area contributed by atoms with Gasteiger partial charge >= 0.3 is 0 Å². The molecule has 1 aromatic rings. The van der Waals surface area contributed by atoms with Crippen molar-refractivity contribution in [2.75, 3.05) is 49.3 Å². The number of piperazine rings is 1. The second-order valence-electron chi connectivity index (χ2n) is 8.67. The highest BCUT2D eigenvalue weighted by Gasteiger charge is 2.31. The molecule has 4 rings (SSSR count). The lowest BCUT2D eigenvalue weighted by Crippen LogP contribution is -2.51. The monoisotopic (exact) mass is 428 g/mol. The number of anilines is 1. The van der Waals surface area contributed by atoms with Gasteiger partial charge < -0.3 is 15.5 Å². The third-order valence-corrected chi connectivity index (χ3v) is 7.77. The van der Waals surface area contributed by atoms with Gasteiger partial charge in [-0.1, -0.05) is 6.07 Å². The first-order chi connectivity index (χ1) is 14.6. The van der Waals surface area contributed by atoms with Crippen LogP contribution in [0.3, 0.4) is 0 Å². The van der Waals surface area contributed by atoms with Crippen LogP contribution in [0.15, 0.2) is 18.3 Å². The number of hydrogen-bond acceptors (Lipinski definition) is 6. The quantitative estimate of drug-likeness (QED) is 0.727. The molecule has 3 fully saturated rings. The minimum atomic E-state index is -0.324. The Morgan fingerprint density at radius 1 is 1.20 bits per heavy atom. The third-order valence-electron chi connectivity index (χ3n) is 6.80. The first-order valence-electron chi connectivity index (χ1n) is 11.1. The van der Waals surface area contributed by atoms with Gasteiger partial charge in [0.05, 0.1) is 18.5 Å². The molecule has 0 spiro atoms. The minimum Gasteiger partial charge on any atom is -0.354 e. The fourth-order valence-electron chi connectivity index (χ4n) is 4.98. The Hall–Kier alpha value is -1.82. The number of rotatable bonds is 5. The summed E-state index contributed by atoms with van der Waals surface area (Å²) >= 11 is 1.82. The molecule has 0 aromatic carbocycles. The first-order valence-corrected chi connectivity index (χ1v) is 12.2. The van der Waals surface area contributed by atoms with Crippen LogP contribution < -0.4 is 10.6 Å². The zero-order valence-electron chi connectivity index (χ0n) is 17.6. The Balaban J connectivity index is 1.19. The highest BCUT2D eigenvalue weighted by molar-refractivity contribution is 7.99. The molecule has 2 saturated heterocycles. The van der Waals surface area contributed by atoms with Crippen molar-refractivity contribution in [3.05, 3.63) is 29.7 Å². The molecular formula is C22H32N6OS. The molecule has 2 aliphatic heterocycles. The van der Waals surface area contributed by atoms with Crippen LogP contribution in [-0.4, -0.2) is 77.1 Å². The zero-order valence-corrected chi connectivity index (χ0v) is 18.4. The second-order valence-corrected chi connectivity index (χ2v) is 9.74. The van der Waals surface area contributed by atoms with E-state index in [1.807, 2.05) is 28.8 Å². The van der Waals surface area contributed by atoms with E-state index in [-0.39, 0.29) is 11.9 Å². The number of pyridine rings is 1. The molecule has 0 unspecified atom stereocenters. The van der Waals surface area contributed by atoms with Crippen LogP contribution in [-0.2, 0) is 4.79 Å². The maximum Gasteiger partial charge on any atom is 0.240 e. The normalized spacial score (nSPS) is 26.4. The smallest absolute Gasteiger partial charge is 0.240 e. The Morgan fingerprint density at radius 3 is 2.57 bits per heavy atom. The minimum absolute atomic E-state index is 0.149. The van der Waals surface area contributed by atoms with Gasteiger partial charge in [0, 0.05) is 50.7 Å².